The van der Waals surface area contributed by atoms with Gasteiger partial charge in [0.15, 0.2) is 0 Å². The second kappa shape index (κ2) is 6.29. The quantitative estimate of drug-likeness (QED) is 0.863. The number of hydrogen-bond acceptors (Lipinski definition) is 1. The number of carbonyl (C=O) groups is 1. The van der Waals surface area contributed by atoms with Gasteiger partial charge >= 0.3 is 6.18 Å². The van der Waals surface area contributed by atoms with Crippen LogP contribution in [-0.4, -0.2) is 5.91 Å². The molecule has 0 radical (unpaired) electrons. The van der Waals surface area contributed by atoms with Gasteiger partial charge in [0, 0.05) is 12.1 Å². The maximum absolute atomic E-state index is 12.6. The topological polar surface area (TPSA) is 29.1 Å². The number of halogens is 3. The van der Waals surface area contributed by atoms with Crippen molar-refractivity contribution >= 4 is 11.6 Å². The van der Waals surface area contributed by atoms with Crippen LogP contribution in [0.5, 0.6) is 0 Å². The fourth-order valence-corrected chi connectivity index (χ4v) is 2.64. The van der Waals surface area contributed by atoms with E-state index in [0.717, 1.165) is 37.8 Å². The first kappa shape index (κ1) is 14.9. The lowest BCUT2D eigenvalue weighted by atomic mass is 9.87. The van der Waals surface area contributed by atoms with Gasteiger partial charge in [-0.15, -0.1) is 0 Å². The Kier molecular flexibility index (Phi) is 4.68. The van der Waals surface area contributed by atoms with E-state index in [9.17, 15) is 18.0 Å². The lowest BCUT2D eigenvalue weighted by molar-refractivity contribution is -0.137. The fraction of sp³-hybridized carbons (Fsp3) is 0.533. The Morgan fingerprint density at radius 3 is 2.55 bits per heavy atom. The number of alkyl halides is 3. The SMILES string of the molecule is O=C(CC1CCCCC1)Nc1cccc(C(F)(F)F)c1. The maximum atomic E-state index is 12.6. The zero-order chi connectivity index (χ0) is 14.6. The largest absolute Gasteiger partial charge is 0.416 e. The zero-order valence-corrected chi connectivity index (χ0v) is 11.2. The Bertz CT molecular complexity index is 464. The molecule has 0 aromatic heterocycles. The minimum absolute atomic E-state index is 0.198. The molecule has 2 rings (SSSR count). The van der Waals surface area contributed by atoms with Crippen molar-refractivity contribution in [3.8, 4) is 0 Å². The van der Waals surface area contributed by atoms with Gasteiger partial charge in [0.05, 0.1) is 5.56 Å². The Morgan fingerprint density at radius 2 is 1.90 bits per heavy atom. The lowest BCUT2D eigenvalue weighted by Crippen LogP contribution is -2.18. The normalized spacial score (nSPS) is 16.9. The number of amides is 1. The number of hydrogen-bond donors (Lipinski definition) is 1. The summed E-state index contributed by atoms with van der Waals surface area (Å²) in [4.78, 5) is 11.8. The standard InChI is InChI=1S/C15H18F3NO/c16-15(17,18)12-7-4-8-13(10-12)19-14(20)9-11-5-2-1-3-6-11/h4,7-8,10-11H,1-3,5-6,9H2,(H,19,20). The highest BCUT2D eigenvalue weighted by Crippen LogP contribution is 2.31. The molecule has 110 valence electrons. The highest BCUT2D eigenvalue weighted by Gasteiger charge is 2.30. The summed E-state index contributed by atoms with van der Waals surface area (Å²) in [5.41, 5.74) is -0.534. The summed E-state index contributed by atoms with van der Waals surface area (Å²) >= 11 is 0. The van der Waals surface area contributed by atoms with Gasteiger partial charge in [-0.1, -0.05) is 25.3 Å². The summed E-state index contributed by atoms with van der Waals surface area (Å²) in [5, 5.41) is 2.56. The predicted molar refractivity (Wildman–Crippen MR) is 71.3 cm³/mol. The van der Waals surface area contributed by atoms with Crippen LogP contribution in [0, 0.1) is 5.92 Å². The number of benzene rings is 1. The van der Waals surface area contributed by atoms with Crippen LogP contribution in [0.1, 0.15) is 44.1 Å². The summed E-state index contributed by atoms with van der Waals surface area (Å²) in [6.07, 6.45) is 1.58. The molecule has 1 saturated carbocycles. The lowest BCUT2D eigenvalue weighted by Gasteiger charge is -2.20. The van der Waals surface area contributed by atoms with Crippen molar-refractivity contribution in [2.75, 3.05) is 5.32 Å². The Hall–Kier alpha value is -1.52. The van der Waals surface area contributed by atoms with Crippen LogP contribution >= 0.6 is 0 Å². The Labute approximate surface area is 116 Å². The molecule has 5 heteroatoms. The molecule has 1 fully saturated rings. The molecule has 1 N–H and O–H groups in total. The molecule has 0 unspecified atom stereocenters. The highest BCUT2D eigenvalue weighted by molar-refractivity contribution is 5.90. The molecule has 20 heavy (non-hydrogen) atoms. The van der Waals surface area contributed by atoms with E-state index in [0.29, 0.717) is 12.3 Å². The monoisotopic (exact) mass is 285 g/mol. The highest BCUT2D eigenvalue weighted by atomic mass is 19.4. The second-order valence-corrected chi connectivity index (χ2v) is 5.33. The van der Waals surface area contributed by atoms with Crippen molar-refractivity contribution in [2.24, 2.45) is 5.92 Å². The van der Waals surface area contributed by atoms with Gasteiger partial charge in [0.1, 0.15) is 0 Å². The third kappa shape index (κ3) is 4.25. The first-order valence-electron chi connectivity index (χ1n) is 6.92. The summed E-state index contributed by atoms with van der Waals surface area (Å²) in [7, 11) is 0. The van der Waals surface area contributed by atoms with Crippen LogP contribution in [0.3, 0.4) is 0 Å². The van der Waals surface area contributed by atoms with E-state index in [1.54, 1.807) is 0 Å². The van der Waals surface area contributed by atoms with Crippen LogP contribution in [0.15, 0.2) is 24.3 Å². The van der Waals surface area contributed by atoms with Crippen LogP contribution in [0.4, 0.5) is 18.9 Å². The van der Waals surface area contributed by atoms with E-state index in [1.165, 1.54) is 18.6 Å². The molecule has 1 aromatic carbocycles. The first-order valence-corrected chi connectivity index (χ1v) is 6.92. The molecule has 0 aliphatic heterocycles. The number of nitrogens with one attached hydrogen (secondary N) is 1. The molecule has 1 aromatic rings. The number of carbonyl (C=O) groups excluding carboxylic acids is 1. The van der Waals surface area contributed by atoms with Crippen molar-refractivity contribution in [1.29, 1.82) is 0 Å². The van der Waals surface area contributed by atoms with Gasteiger partial charge in [0.25, 0.3) is 0 Å². The van der Waals surface area contributed by atoms with Crippen LogP contribution in [0.25, 0.3) is 0 Å². The van der Waals surface area contributed by atoms with Crippen molar-refractivity contribution in [3.05, 3.63) is 29.8 Å². The average molecular weight is 285 g/mol. The van der Waals surface area contributed by atoms with Crippen molar-refractivity contribution < 1.29 is 18.0 Å². The molecule has 2 nitrogen and oxygen atoms in total. The fourth-order valence-electron chi connectivity index (χ4n) is 2.64. The van der Waals surface area contributed by atoms with Crippen LogP contribution in [0.2, 0.25) is 0 Å². The summed E-state index contributed by atoms with van der Waals surface area (Å²) in [6, 6.07) is 4.75. The predicted octanol–water partition coefficient (Wildman–Crippen LogP) is 4.61. The van der Waals surface area contributed by atoms with Crippen molar-refractivity contribution in [3.63, 3.8) is 0 Å². The number of rotatable bonds is 3. The van der Waals surface area contributed by atoms with Gasteiger partial charge in [-0.05, 0) is 37.0 Å². The molecular weight excluding hydrogens is 267 g/mol. The van der Waals surface area contributed by atoms with E-state index in [-0.39, 0.29) is 11.6 Å². The van der Waals surface area contributed by atoms with E-state index in [1.807, 2.05) is 0 Å². The molecule has 1 aliphatic rings. The van der Waals surface area contributed by atoms with Gasteiger partial charge in [-0.3, -0.25) is 4.79 Å². The van der Waals surface area contributed by atoms with E-state index in [4.69, 9.17) is 0 Å². The molecule has 0 bridgehead atoms. The summed E-state index contributed by atoms with van der Waals surface area (Å²) < 4.78 is 37.7. The molecule has 0 atom stereocenters. The summed E-state index contributed by atoms with van der Waals surface area (Å²) in [5.74, 6) is 0.172. The Balaban J connectivity index is 1.93. The first-order chi connectivity index (χ1) is 9.45. The van der Waals surface area contributed by atoms with Gasteiger partial charge < -0.3 is 5.32 Å². The minimum Gasteiger partial charge on any atom is -0.326 e. The third-order valence-corrected chi connectivity index (χ3v) is 3.67. The third-order valence-electron chi connectivity index (χ3n) is 3.67. The molecule has 0 saturated heterocycles. The summed E-state index contributed by atoms with van der Waals surface area (Å²) in [6.45, 7) is 0. The van der Waals surface area contributed by atoms with Gasteiger partial charge in [0.2, 0.25) is 5.91 Å². The zero-order valence-electron chi connectivity index (χ0n) is 11.2. The molecular formula is C15H18F3NO. The molecule has 1 amide bonds. The molecule has 1 aliphatic carbocycles. The van der Waals surface area contributed by atoms with Crippen molar-refractivity contribution in [1.82, 2.24) is 0 Å². The maximum Gasteiger partial charge on any atom is 0.416 e. The van der Waals surface area contributed by atoms with E-state index >= 15 is 0 Å². The number of anilines is 1. The molecule has 0 heterocycles. The van der Waals surface area contributed by atoms with E-state index < -0.39 is 11.7 Å². The average Bonchev–Trinajstić information content (AvgIpc) is 2.39. The van der Waals surface area contributed by atoms with Gasteiger partial charge in [-0.25, -0.2) is 0 Å². The smallest absolute Gasteiger partial charge is 0.326 e. The molecule has 0 spiro atoms. The van der Waals surface area contributed by atoms with Crippen LogP contribution in [-0.2, 0) is 11.0 Å². The van der Waals surface area contributed by atoms with Crippen LogP contribution < -0.4 is 5.32 Å². The van der Waals surface area contributed by atoms with E-state index in [2.05, 4.69) is 5.32 Å². The Morgan fingerprint density at radius 1 is 1.20 bits per heavy atom. The van der Waals surface area contributed by atoms with Gasteiger partial charge in [-0.2, -0.15) is 13.2 Å². The minimum atomic E-state index is -4.38. The van der Waals surface area contributed by atoms with Crippen molar-refractivity contribution in [2.45, 2.75) is 44.7 Å². The second-order valence-electron chi connectivity index (χ2n) is 5.33.